The van der Waals surface area contributed by atoms with E-state index in [2.05, 4.69) is 13.2 Å². The SMILES string of the molecule is C=CCC(CC=C)C(C)Cl. The molecule has 0 aromatic heterocycles. The van der Waals surface area contributed by atoms with Gasteiger partial charge in [0.15, 0.2) is 0 Å². The maximum absolute atomic E-state index is 5.91. The topological polar surface area (TPSA) is 0 Å². The van der Waals surface area contributed by atoms with Crippen molar-refractivity contribution >= 4 is 11.6 Å². The molecule has 0 rings (SSSR count). The van der Waals surface area contributed by atoms with E-state index in [1.165, 1.54) is 0 Å². The molecule has 1 atom stereocenters. The summed E-state index contributed by atoms with van der Waals surface area (Å²) >= 11 is 5.91. The van der Waals surface area contributed by atoms with Gasteiger partial charge in [0.1, 0.15) is 0 Å². The zero-order valence-corrected chi connectivity index (χ0v) is 7.27. The second-order valence-corrected chi connectivity index (χ2v) is 3.17. The second-order valence-electron chi connectivity index (χ2n) is 2.49. The van der Waals surface area contributed by atoms with Gasteiger partial charge in [-0.1, -0.05) is 12.2 Å². The van der Waals surface area contributed by atoms with E-state index in [1.54, 1.807) is 0 Å². The Kier molecular flexibility index (Phi) is 5.42. The fraction of sp³-hybridized carbons (Fsp3) is 0.556. The van der Waals surface area contributed by atoms with Gasteiger partial charge in [-0.05, 0) is 25.7 Å². The summed E-state index contributed by atoms with van der Waals surface area (Å²) in [6, 6.07) is 0. The summed E-state index contributed by atoms with van der Waals surface area (Å²) in [4.78, 5) is 0. The van der Waals surface area contributed by atoms with Crippen LogP contribution in [0.25, 0.3) is 0 Å². The first-order chi connectivity index (χ1) is 4.72. The minimum Gasteiger partial charge on any atom is -0.123 e. The molecule has 0 saturated heterocycles. The zero-order chi connectivity index (χ0) is 7.98. The van der Waals surface area contributed by atoms with Crippen LogP contribution in [-0.4, -0.2) is 5.38 Å². The second kappa shape index (κ2) is 5.55. The van der Waals surface area contributed by atoms with Crippen molar-refractivity contribution in [2.75, 3.05) is 0 Å². The first-order valence-electron chi connectivity index (χ1n) is 3.58. The Labute approximate surface area is 68.6 Å². The standard InChI is InChI=1S/C9H15Cl/c1-4-6-9(7-5-2)8(3)10/h4-5,8-9H,1-2,6-7H2,3H3. The highest BCUT2D eigenvalue weighted by Crippen LogP contribution is 2.18. The van der Waals surface area contributed by atoms with Crippen LogP contribution in [-0.2, 0) is 0 Å². The molecule has 0 aliphatic heterocycles. The maximum Gasteiger partial charge on any atom is 0.0341 e. The van der Waals surface area contributed by atoms with Crippen molar-refractivity contribution in [3.63, 3.8) is 0 Å². The van der Waals surface area contributed by atoms with Crippen LogP contribution >= 0.6 is 11.6 Å². The van der Waals surface area contributed by atoms with Crippen LogP contribution in [0.4, 0.5) is 0 Å². The van der Waals surface area contributed by atoms with Crippen molar-refractivity contribution in [3.05, 3.63) is 25.3 Å². The van der Waals surface area contributed by atoms with Crippen LogP contribution in [0.1, 0.15) is 19.8 Å². The monoisotopic (exact) mass is 158 g/mol. The van der Waals surface area contributed by atoms with Crippen LogP contribution in [0.5, 0.6) is 0 Å². The van der Waals surface area contributed by atoms with Gasteiger partial charge in [-0.15, -0.1) is 24.8 Å². The van der Waals surface area contributed by atoms with E-state index in [0.29, 0.717) is 5.92 Å². The third kappa shape index (κ3) is 3.73. The Morgan fingerprint density at radius 1 is 1.30 bits per heavy atom. The molecule has 0 bridgehead atoms. The maximum atomic E-state index is 5.91. The summed E-state index contributed by atoms with van der Waals surface area (Å²) in [7, 11) is 0. The molecule has 0 amide bonds. The van der Waals surface area contributed by atoms with Crippen LogP contribution in [0.15, 0.2) is 25.3 Å². The molecule has 0 aliphatic carbocycles. The molecule has 58 valence electrons. The molecule has 0 aliphatic rings. The Balaban J connectivity index is 3.70. The highest BCUT2D eigenvalue weighted by atomic mass is 35.5. The molecule has 0 spiro atoms. The molecule has 0 aromatic carbocycles. The highest BCUT2D eigenvalue weighted by Gasteiger charge is 2.10. The fourth-order valence-electron chi connectivity index (χ4n) is 0.899. The summed E-state index contributed by atoms with van der Waals surface area (Å²) in [6.45, 7) is 9.36. The van der Waals surface area contributed by atoms with Gasteiger partial charge in [0.25, 0.3) is 0 Å². The van der Waals surface area contributed by atoms with E-state index < -0.39 is 0 Å². The molecule has 0 radical (unpaired) electrons. The van der Waals surface area contributed by atoms with E-state index >= 15 is 0 Å². The van der Waals surface area contributed by atoms with Gasteiger partial charge in [0, 0.05) is 5.38 Å². The molecule has 1 heteroatoms. The fourth-order valence-corrected chi connectivity index (χ4v) is 1.11. The summed E-state index contributed by atoms with van der Waals surface area (Å²) in [6.07, 6.45) is 5.79. The number of rotatable bonds is 5. The average molecular weight is 159 g/mol. The smallest absolute Gasteiger partial charge is 0.0341 e. The molecular weight excluding hydrogens is 144 g/mol. The Morgan fingerprint density at radius 3 is 1.90 bits per heavy atom. The Hall–Kier alpha value is -0.230. The van der Waals surface area contributed by atoms with Crippen molar-refractivity contribution in [1.82, 2.24) is 0 Å². The molecule has 0 aromatic rings. The molecule has 10 heavy (non-hydrogen) atoms. The molecule has 0 saturated carbocycles. The van der Waals surface area contributed by atoms with Crippen LogP contribution in [0, 0.1) is 5.92 Å². The van der Waals surface area contributed by atoms with Gasteiger partial charge in [0.2, 0.25) is 0 Å². The van der Waals surface area contributed by atoms with Crippen LogP contribution in [0.3, 0.4) is 0 Å². The minimum absolute atomic E-state index is 0.219. The van der Waals surface area contributed by atoms with Crippen LogP contribution < -0.4 is 0 Å². The van der Waals surface area contributed by atoms with Crippen molar-refractivity contribution in [2.24, 2.45) is 5.92 Å². The molecular formula is C9H15Cl. The summed E-state index contributed by atoms with van der Waals surface area (Å²) in [5.41, 5.74) is 0. The highest BCUT2D eigenvalue weighted by molar-refractivity contribution is 6.20. The number of hydrogen-bond donors (Lipinski definition) is 0. The molecule has 0 nitrogen and oxygen atoms in total. The van der Waals surface area contributed by atoms with Gasteiger partial charge in [-0.25, -0.2) is 0 Å². The largest absolute Gasteiger partial charge is 0.123 e. The normalized spacial score (nSPS) is 13.1. The first kappa shape index (κ1) is 9.77. The summed E-state index contributed by atoms with van der Waals surface area (Å²) < 4.78 is 0. The molecule has 0 N–H and O–H groups in total. The van der Waals surface area contributed by atoms with Gasteiger partial charge < -0.3 is 0 Å². The minimum atomic E-state index is 0.219. The predicted octanol–water partition coefficient (Wildman–Crippen LogP) is 3.38. The third-order valence-corrected chi connectivity index (χ3v) is 1.94. The predicted molar refractivity (Wildman–Crippen MR) is 48.4 cm³/mol. The van der Waals surface area contributed by atoms with E-state index in [-0.39, 0.29) is 5.38 Å². The number of allylic oxidation sites excluding steroid dienone is 2. The van der Waals surface area contributed by atoms with Crippen LogP contribution in [0.2, 0.25) is 0 Å². The van der Waals surface area contributed by atoms with Crippen molar-refractivity contribution in [2.45, 2.75) is 25.1 Å². The Morgan fingerprint density at radius 2 is 1.70 bits per heavy atom. The number of hydrogen-bond acceptors (Lipinski definition) is 0. The van der Waals surface area contributed by atoms with E-state index in [4.69, 9.17) is 11.6 Å². The third-order valence-electron chi connectivity index (χ3n) is 1.59. The number of halogens is 1. The summed E-state index contributed by atoms with van der Waals surface area (Å²) in [5.74, 6) is 0.511. The Bertz CT molecular complexity index is 95.3. The van der Waals surface area contributed by atoms with Crippen molar-refractivity contribution in [3.8, 4) is 0 Å². The van der Waals surface area contributed by atoms with Crippen molar-refractivity contribution < 1.29 is 0 Å². The van der Waals surface area contributed by atoms with Crippen molar-refractivity contribution in [1.29, 1.82) is 0 Å². The van der Waals surface area contributed by atoms with E-state index in [1.807, 2.05) is 19.1 Å². The van der Waals surface area contributed by atoms with Gasteiger partial charge in [-0.2, -0.15) is 0 Å². The lowest BCUT2D eigenvalue weighted by Crippen LogP contribution is -2.08. The van der Waals surface area contributed by atoms with Gasteiger partial charge in [-0.3, -0.25) is 0 Å². The molecule has 1 unspecified atom stereocenters. The van der Waals surface area contributed by atoms with E-state index in [9.17, 15) is 0 Å². The lowest BCUT2D eigenvalue weighted by molar-refractivity contribution is 0.532. The lowest BCUT2D eigenvalue weighted by atomic mass is 9.98. The quantitative estimate of drug-likeness (QED) is 0.425. The first-order valence-corrected chi connectivity index (χ1v) is 4.01. The van der Waals surface area contributed by atoms with Gasteiger partial charge >= 0.3 is 0 Å². The van der Waals surface area contributed by atoms with Gasteiger partial charge in [0.05, 0.1) is 0 Å². The summed E-state index contributed by atoms with van der Waals surface area (Å²) in [5, 5.41) is 0.219. The average Bonchev–Trinajstić information content (AvgIpc) is 1.87. The molecule has 0 heterocycles. The van der Waals surface area contributed by atoms with E-state index in [0.717, 1.165) is 12.8 Å². The lowest BCUT2D eigenvalue weighted by Gasteiger charge is -2.14. The zero-order valence-electron chi connectivity index (χ0n) is 6.52. The number of alkyl halides is 1. The molecule has 0 fully saturated rings.